The maximum Gasteiger partial charge on any atom is 0.263 e. The van der Waals surface area contributed by atoms with Gasteiger partial charge in [0.2, 0.25) is 5.91 Å². The maximum absolute atomic E-state index is 12.4. The predicted molar refractivity (Wildman–Crippen MR) is 80.4 cm³/mol. The third-order valence-corrected chi connectivity index (χ3v) is 3.71. The Morgan fingerprint density at radius 1 is 1.29 bits per heavy atom. The number of carbonyl (C=O) groups excluding carboxylic acids is 2. The first-order chi connectivity index (χ1) is 9.97. The van der Waals surface area contributed by atoms with Gasteiger partial charge in [-0.2, -0.15) is 0 Å². The van der Waals surface area contributed by atoms with Gasteiger partial charge in [0.25, 0.3) is 5.91 Å². The molecule has 5 nitrogen and oxygen atoms in total. The van der Waals surface area contributed by atoms with E-state index in [2.05, 4.69) is 0 Å². The largest absolute Gasteiger partial charge is 0.481 e. The summed E-state index contributed by atoms with van der Waals surface area (Å²) in [6.45, 7) is 3.05. The average molecular weight is 311 g/mol. The lowest BCUT2D eigenvalue weighted by Gasteiger charge is -2.24. The molecule has 1 aliphatic rings. The number of nitrogens with zero attached hydrogens (tertiary/aromatic N) is 2. The summed E-state index contributed by atoms with van der Waals surface area (Å²) < 4.78 is 5.61. The van der Waals surface area contributed by atoms with Crippen LogP contribution in [0.1, 0.15) is 13.3 Å². The zero-order valence-electron chi connectivity index (χ0n) is 12.2. The molecule has 114 valence electrons. The number of rotatable bonds is 3. The van der Waals surface area contributed by atoms with E-state index >= 15 is 0 Å². The van der Waals surface area contributed by atoms with Crippen LogP contribution < -0.4 is 4.74 Å². The Hall–Kier alpha value is -1.75. The summed E-state index contributed by atoms with van der Waals surface area (Å²) in [5.41, 5.74) is 0. The van der Waals surface area contributed by atoms with Crippen molar-refractivity contribution in [2.45, 2.75) is 19.4 Å². The highest BCUT2D eigenvalue weighted by molar-refractivity contribution is 6.30. The highest BCUT2D eigenvalue weighted by atomic mass is 35.5. The van der Waals surface area contributed by atoms with E-state index in [0.717, 1.165) is 6.42 Å². The third kappa shape index (κ3) is 4.11. The molecule has 2 amide bonds. The molecule has 0 radical (unpaired) electrons. The number of halogens is 1. The lowest BCUT2D eigenvalue weighted by Crippen LogP contribution is -2.44. The Balaban J connectivity index is 1.98. The zero-order valence-corrected chi connectivity index (χ0v) is 13.0. The highest BCUT2D eigenvalue weighted by Gasteiger charge is 2.27. The molecule has 6 heteroatoms. The zero-order chi connectivity index (χ0) is 15.4. The molecule has 1 aromatic carbocycles. The Kier molecular flexibility index (Phi) is 5.07. The van der Waals surface area contributed by atoms with Crippen molar-refractivity contribution in [2.75, 3.05) is 26.7 Å². The van der Waals surface area contributed by atoms with Crippen LogP contribution in [0.3, 0.4) is 0 Å². The van der Waals surface area contributed by atoms with Gasteiger partial charge in [0.15, 0.2) is 6.10 Å². The number of hydrogen-bond acceptors (Lipinski definition) is 3. The SMILES string of the molecule is CC(Oc1ccc(Cl)cc1)C(=O)N1CCCN(C)C(=O)C1. The Morgan fingerprint density at radius 2 is 1.95 bits per heavy atom. The highest BCUT2D eigenvalue weighted by Crippen LogP contribution is 2.17. The standard InChI is InChI=1S/C15H19ClN2O3/c1-11(21-13-6-4-12(16)5-7-13)15(20)18-9-3-8-17(2)14(19)10-18/h4-7,11H,3,8-10H2,1-2H3. The predicted octanol–water partition coefficient (Wildman–Crippen LogP) is 1.80. The topological polar surface area (TPSA) is 49.9 Å². The van der Waals surface area contributed by atoms with Crippen molar-refractivity contribution in [3.05, 3.63) is 29.3 Å². The minimum Gasteiger partial charge on any atom is -0.481 e. The van der Waals surface area contributed by atoms with E-state index in [1.54, 1.807) is 48.0 Å². The van der Waals surface area contributed by atoms with E-state index in [1.807, 2.05) is 0 Å². The summed E-state index contributed by atoms with van der Waals surface area (Å²) in [5, 5.41) is 0.613. The van der Waals surface area contributed by atoms with Crippen LogP contribution in [0.25, 0.3) is 0 Å². The van der Waals surface area contributed by atoms with E-state index in [9.17, 15) is 9.59 Å². The number of ether oxygens (including phenoxy) is 1. The minimum absolute atomic E-state index is 0.0421. The lowest BCUT2D eigenvalue weighted by atomic mass is 10.3. The molecule has 21 heavy (non-hydrogen) atoms. The second-order valence-corrected chi connectivity index (χ2v) is 5.58. The number of likely N-dealkylation sites (N-methyl/N-ethyl adjacent to an activating group) is 1. The van der Waals surface area contributed by atoms with Crippen LogP contribution in [0, 0.1) is 0 Å². The van der Waals surface area contributed by atoms with Gasteiger partial charge in [-0.25, -0.2) is 0 Å². The molecule has 1 fully saturated rings. The van der Waals surface area contributed by atoms with Gasteiger partial charge in [0, 0.05) is 25.2 Å². The second kappa shape index (κ2) is 6.80. The minimum atomic E-state index is -0.637. The van der Waals surface area contributed by atoms with Crippen LogP contribution in [0.15, 0.2) is 24.3 Å². The van der Waals surface area contributed by atoms with Gasteiger partial charge in [-0.15, -0.1) is 0 Å². The summed E-state index contributed by atoms with van der Waals surface area (Å²) >= 11 is 5.81. The quantitative estimate of drug-likeness (QED) is 0.855. The van der Waals surface area contributed by atoms with E-state index in [4.69, 9.17) is 16.3 Å². The molecule has 1 aliphatic heterocycles. The summed E-state index contributed by atoms with van der Waals surface area (Å²) in [7, 11) is 1.75. The van der Waals surface area contributed by atoms with Gasteiger partial charge in [-0.05, 0) is 37.6 Å². The molecule has 0 aliphatic carbocycles. The van der Waals surface area contributed by atoms with E-state index in [1.165, 1.54) is 0 Å². The molecule has 1 saturated heterocycles. The van der Waals surface area contributed by atoms with Crippen molar-refractivity contribution < 1.29 is 14.3 Å². The van der Waals surface area contributed by atoms with Crippen LogP contribution in [0.5, 0.6) is 5.75 Å². The lowest BCUT2D eigenvalue weighted by molar-refractivity contribution is -0.142. The summed E-state index contributed by atoms with van der Waals surface area (Å²) in [6.07, 6.45) is 0.143. The van der Waals surface area contributed by atoms with E-state index in [-0.39, 0.29) is 18.4 Å². The van der Waals surface area contributed by atoms with Gasteiger partial charge >= 0.3 is 0 Å². The molecular formula is C15H19ClN2O3. The molecule has 0 aromatic heterocycles. The molecule has 1 atom stereocenters. The number of benzene rings is 1. The normalized spacial score (nSPS) is 17.4. The molecule has 1 heterocycles. The van der Waals surface area contributed by atoms with Gasteiger partial charge in [0.05, 0.1) is 6.54 Å². The molecule has 1 aromatic rings. The monoisotopic (exact) mass is 310 g/mol. The fourth-order valence-corrected chi connectivity index (χ4v) is 2.33. The summed E-state index contributed by atoms with van der Waals surface area (Å²) in [5.74, 6) is 0.367. The first-order valence-electron chi connectivity index (χ1n) is 6.92. The van der Waals surface area contributed by atoms with Crippen LogP contribution in [0.4, 0.5) is 0 Å². The number of amides is 2. The molecule has 0 N–H and O–H groups in total. The van der Waals surface area contributed by atoms with Crippen LogP contribution >= 0.6 is 11.6 Å². The molecule has 0 saturated carbocycles. The van der Waals surface area contributed by atoms with Gasteiger partial charge in [-0.1, -0.05) is 11.6 Å². The Bertz CT molecular complexity index is 518. The second-order valence-electron chi connectivity index (χ2n) is 5.14. The summed E-state index contributed by atoms with van der Waals surface area (Å²) in [6, 6.07) is 6.85. The maximum atomic E-state index is 12.4. The van der Waals surface area contributed by atoms with E-state index in [0.29, 0.717) is 23.9 Å². The first-order valence-corrected chi connectivity index (χ1v) is 7.30. The average Bonchev–Trinajstić information content (AvgIpc) is 2.63. The Morgan fingerprint density at radius 3 is 2.62 bits per heavy atom. The fraction of sp³-hybridized carbons (Fsp3) is 0.467. The van der Waals surface area contributed by atoms with Gasteiger partial charge < -0.3 is 14.5 Å². The van der Waals surface area contributed by atoms with Crippen molar-refractivity contribution in [3.8, 4) is 5.75 Å². The van der Waals surface area contributed by atoms with Gasteiger partial charge in [0.1, 0.15) is 5.75 Å². The fourth-order valence-electron chi connectivity index (χ4n) is 2.20. The smallest absolute Gasteiger partial charge is 0.263 e. The van der Waals surface area contributed by atoms with Crippen LogP contribution in [-0.2, 0) is 9.59 Å². The van der Waals surface area contributed by atoms with Gasteiger partial charge in [-0.3, -0.25) is 9.59 Å². The van der Waals surface area contributed by atoms with E-state index < -0.39 is 6.10 Å². The third-order valence-electron chi connectivity index (χ3n) is 3.46. The molecule has 0 spiro atoms. The molecule has 1 unspecified atom stereocenters. The van der Waals surface area contributed by atoms with Crippen LogP contribution in [-0.4, -0.2) is 54.4 Å². The van der Waals surface area contributed by atoms with Crippen molar-refractivity contribution in [2.24, 2.45) is 0 Å². The number of hydrogen-bond donors (Lipinski definition) is 0. The molecule has 0 bridgehead atoms. The van der Waals surface area contributed by atoms with Crippen molar-refractivity contribution in [1.82, 2.24) is 9.80 Å². The molecular weight excluding hydrogens is 292 g/mol. The van der Waals surface area contributed by atoms with Crippen molar-refractivity contribution >= 4 is 23.4 Å². The number of carbonyl (C=O) groups is 2. The summed E-state index contributed by atoms with van der Waals surface area (Å²) in [4.78, 5) is 27.4. The first kappa shape index (κ1) is 15.6. The van der Waals surface area contributed by atoms with Crippen LogP contribution in [0.2, 0.25) is 5.02 Å². The van der Waals surface area contributed by atoms with Crippen molar-refractivity contribution in [1.29, 1.82) is 0 Å². The molecule has 2 rings (SSSR count). The van der Waals surface area contributed by atoms with Crippen molar-refractivity contribution in [3.63, 3.8) is 0 Å². The Labute approximate surface area is 129 Å².